The van der Waals surface area contributed by atoms with Gasteiger partial charge in [-0.15, -0.1) is 0 Å². The van der Waals surface area contributed by atoms with Crippen molar-refractivity contribution in [2.45, 2.75) is 57.0 Å². The molecule has 1 rings (SSSR count). The Morgan fingerprint density at radius 1 is 1.45 bits per heavy atom. The van der Waals surface area contributed by atoms with Gasteiger partial charge in [0.1, 0.15) is 0 Å². The third kappa shape index (κ3) is 1.85. The Morgan fingerprint density at radius 2 is 2.00 bits per heavy atom. The molecule has 1 fully saturated rings. The monoisotopic (exact) mass is 172 g/mol. The van der Waals surface area contributed by atoms with Crippen LogP contribution in [0, 0.1) is 0 Å². The van der Waals surface area contributed by atoms with Crippen molar-refractivity contribution in [3.63, 3.8) is 0 Å². The summed E-state index contributed by atoms with van der Waals surface area (Å²) in [6.07, 6.45) is 3.22. The molecule has 11 heavy (non-hydrogen) atoms. The predicted octanol–water partition coefficient (Wildman–Crippen LogP) is 2.63. The molecule has 0 aromatic carbocycles. The SMILES string of the molecule is CCC[C@@]1(O)C[C@@H]1[Si](C)(C)C. The maximum atomic E-state index is 9.96. The zero-order chi connectivity index (χ0) is 8.70. The average Bonchev–Trinajstić information content (AvgIpc) is 2.41. The zero-order valence-electron chi connectivity index (χ0n) is 8.15. The van der Waals surface area contributed by atoms with Gasteiger partial charge in [0.2, 0.25) is 0 Å². The second-order valence-electron chi connectivity index (χ2n) is 4.98. The van der Waals surface area contributed by atoms with Gasteiger partial charge >= 0.3 is 0 Å². The second-order valence-corrected chi connectivity index (χ2v) is 10.4. The summed E-state index contributed by atoms with van der Waals surface area (Å²) in [7, 11) is -1.05. The van der Waals surface area contributed by atoms with Gasteiger partial charge < -0.3 is 5.11 Å². The van der Waals surface area contributed by atoms with Crippen LogP contribution in [0.25, 0.3) is 0 Å². The molecule has 0 aliphatic heterocycles. The highest BCUT2D eigenvalue weighted by Gasteiger charge is 2.57. The molecule has 1 saturated carbocycles. The molecule has 0 amide bonds. The van der Waals surface area contributed by atoms with E-state index in [2.05, 4.69) is 26.6 Å². The van der Waals surface area contributed by atoms with E-state index < -0.39 is 8.07 Å². The molecule has 1 N–H and O–H groups in total. The van der Waals surface area contributed by atoms with Crippen LogP contribution in [0.15, 0.2) is 0 Å². The topological polar surface area (TPSA) is 20.2 Å². The van der Waals surface area contributed by atoms with E-state index in [9.17, 15) is 5.11 Å². The third-order valence-corrected chi connectivity index (χ3v) is 5.61. The van der Waals surface area contributed by atoms with Crippen molar-refractivity contribution >= 4 is 8.07 Å². The lowest BCUT2D eigenvalue weighted by Crippen LogP contribution is -2.26. The molecule has 0 unspecified atom stereocenters. The molecular weight excluding hydrogens is 152 g/mol. The zero-order valence-corrected chi connectivity index (χ0v) is 9.15. The van der Waals surface area contributed by atoms with Crippen LogP contribution in [0.2, 0.25) is 25.2 Å². The minimum atomic E-state index is -1.05. The number of rotatable bonds is 3. The van der Waals surface area contributed by atoms with Gasteiger partial charge in [0.15, 0.2) is 0 Å². The summed E-state index contributed by atoms with van der Waals surface area (Å²) in [5.74, 6) is 0. The van der Waals surface area contributed by atoms with Crippen molar-refractivity contribution in [3.8, 4) is 0 Å². The van der Waals surface area contributed by atoms with Gasteiger partial charge in [0, 0.05) is 0 Å². The molecule has 1 nitrogen and oxygen atoms in total. The molecule has 0 spiro atoms. The van der Waals surface area contributed by atoms with Crippen LogP contribution < -0.4 is 0 Å². The van der Waals surface area contributed by atoms with Crippen LogP contribution in [-0.2, 0) is 0 Å². The van der Waals surface area contributed by atoms with E-state index in [1.807, 2.05) is 0 Å². The molecule has 0 radical (unpaired) electrons. The van der Waals surface area contributed by atoms with Crippen LogP contribution in [0.4, 0.5) is 0 Å². The lowest BCUT2D eigenvalue weighted by atomic mass is 10.2. The van der Waals surface area contributed by atoms with Crippen LogP contribution in [0.1, 0.15) is 26.2 Å². The molecule has 1 aliphatic carbocycles. The van der Waals surface area contributed by atoms with E-state index in [1.165, 1.54) is 0 Å². The van der Waals surface area contributed by atoms with Gasteiger partial charge in [0.25, 0.3) is 0 Å². The van der Waals surface area contributed by atoms with Gasteiger partial charge in [0.05, 0.1) is 13.7 Å². The minimum Gasteiger partial charge on any atom is -0.390 e. The first-order chi connectivity index (χ1) is 4.90. The summed E-state index contributed by atoms with van der Waals surface area (Å²) >= 11 is 0. The Labute approximate surface area is 70.8 Å². The first kappa shape index (κ1) is 9.27. The van der Waals surface area contributed by atoms with E-state index in [4.69, 9.17) is 0 Å². The largest absolute Gasteiger partial charge is 0.390 e. The maximum absolute atomic E-state index is 9.96. The molecule has 0 saturated heterocycles. The molecule has 66 valence electrons. The highest BCUT2D eigenvalue weighted by atomic mass is 28.3. The summed E-state index contributed by atoms with van der Waals surface area (Å²) in [5, 5.41) is 9.96. The fourth-order valence-corrected chi connectivity index (χ4v) is 4.84. The van der Waals surface area contributed by atoms with Gasteiger partial charge in [-0.3, -0.25) is 0 Å². The first-order valence-electron chi connectivity index (χ1n) is 4.62. The van der Waals surface area contributed by atoms with Crippen molar-refractivity contribution in [2.75, 3.05) is 0 Å². The van der Waals surface area contributed by atoms with Crippen molar-refractivity contribution in [1.29, 1.82) is 0 Å². The van der Waals surface area contributed by atoms with Crippen LogP contribution in [-0.4, -0.2) is 18.8 Å². The lowest BCUT2D eigenvalue weighted by Gasteiger charge is -2.18. The summed E-state index contributed by atoms with van der Waals surface area (Å²) < 4.78 is 0. The van der Waals surface area contributed by atoms with Crippen LogP contribution in [0.5, 0.6) is 0 Å². The van der Waals surface area contributed by atoms with E-state index in [1.54, 1.807) is 0 Å². The second kappa shape index (κ2) is 2.59. The van der Waals surface area contributed by atoms with E-state index in [-0.39, 0.29) is 5.60 Å². The van der Waals surface area contributed by atoms with Gasteiger partial charge in [-0.1, -0.05) is 33.0 Å². The summed E-state index contributed by atoms with van der Waals surface area (Å²) in [6.45, 7) is 9.21. The van der Waals surface area contributed by atoms with Gasteiger partial charge in [-0.05, 0) is 18.4 Å². The summed E-state index contributed by atoms with van der Waals surface area (Å²) in [6, 6.07) is 0. The van der Waals surface area contributed by atoms with Crippen LogP contribution >= 0.6 is 0 Å². The first-order valence-corrected chi connectivity index (χ1v) is 8.20. The van der Waals surface area contributed by atoms with Crippen molar-refractivity contribution < 1.29 is 5.11 Å². The van der Waals surface area contributed by atoms with Crippen molar-refractivity contribution in [1.82, 2.24) is 0 Å². The normalized spacial score (nSPS) is 37.4. The fraction of sp³-hybridized carbons (Fsp3) is 1.00. The molecule has 2 heteroatoms. The molecule has 2 atom stereocenters. The quantitative estimate of drug-likeness (QED) is 0.649. The standard InChI is InChI=1S/C9H20OSi/c1-5-6-9(10)7-8(9)11(2,3)4/h8,10H,5-7H2,1-4H3/t8-,9+/m0/s1. The van der Waals surface area contributed by atoms with E-state index >= 15 is 0 Å². The third-order valence-electron chi connectivity index (χ3n) is 2.77. The highest BCUT2D eigenvalue weighted by Crippen LogP contribution is 2.57. The molecule has 0 heterocycles. The number of aliphatic hydroxyl groups is 1. The Bertz CT molecular complexity index is 150. The molecule has 1 aliphatic rings. The maximum Gasteiger partial charge on any atom is 0.0654 e. The molecule has 0 aromatic rings. The van der Waals surface area contributed by atoms with Gasteiger partial charge in [-0.2, -0.15) is 0 Å². The van der Waals surface area contributed by atoms with Crippen molar-refractivity contribution in [2.24, 2.45) is 0 Å². The van der Waals surface area contributed by atoms with E-state index in [0.717, 1.165) is 19.3 Å². The van der Waals surface area contributed by atoms with E-state index in [0.29, 0.717) is 5.54 Å². The summed E-state index contributed by atoms with van der Waals surface area (Å²) in [5.41, 5.74) is 0.439. The molecule has 0 bridgehead atoms. The Hall–Kier alpha value is 0.177. The average molecular weight is 172 g/mol. The minimum absolute atomic E-state index is 0.237. The summed E-state index contributed by atoms with van der Waals surface area (Å²) in [4.78, 5) is 0. The molecule has 0 aromatic heterocycles. The lowest BCUT2D eigenvalue weighted by molar-refractivity contribution is 0.138. The Balaban J connectivity index is 2.46. The number of hydrogen-bond acceptors (Lipinski definition) is 1. The van der Waals surface area contributed by atoms with Crippen LogP contribution in [0.3, 0.4) is 0 Å². The number of hydrogen-bond donors (Lipinski definition) is 1. The van der Waals surface area contributed by atoms with Crippen molar-refractivity contribution in [3.05, 3.63) is 0 Å². The Kier molecular flexibility index (Phi) is 2.19. The molecular formula is C9H20OSi. The smallest absolute Gasteiger partial charge is 0.0654 e. The Morgan fingerprint density at radius 3 is 2.27 bits per heavy atom. The highest BCUT2D eigenvalue weighted by molar-refractivity contribution is 6.78. The fourth-order valence-electron chi connectivity index (χ4n) is 2.12. The predicted molar refractivity (Wildman–Crippen MR) is 51.6 cm³/mol. The van der Waals surface area contributed by atoms with Gasteiger partial charge in [-0.25, -0.2) is 0 Å².